The maximum Gasteiger partial charge on any atom is 0.316 e. The van der Waals surface area contributed by atoms with E-state index in [1.165, 1.54) is 0 Å². The maximum atomic E-state index is 12.9. The standard InChI is InChI=1S/C18H22N2O5S2/c1-3-12(2)20-17(22)14-6-4-5-7-15(14)19-18(20)26-10-16(21)25-13-8-9-27(23,24)11-13/h4-7,12-13H,3,8-11H2,1-2H3/t12-,13+/m1/s1. The molecule has 146 valence electrons. The first-order valence-corrected chi connectivity index (χ1v) is 11.7. The Morgan fingerprint density at radius 3 is 2.81 bits per heavy atom. The fourth-order valence-corrected chi connectivity index (χ4v) is 5.47. The van der Waals surface area contributed by atoms with Crippen LogP contribution in [0.15, 0.2) is 34.2 Å². The lowest BCUT2D eigenvalue weighted by atomic mass is 10.2. The van der Waals surface area contributed by atoms with Gasteiger partial charge in [-0.05, 0) is 31.9 Å². The van der Waals surface area contributed by atoms with E-state index >= 15 is 0 Å². The Kier molecular flexibility index (Phi) is 5.90. The fraction of sp³-hybridized carbons (Fsp3) is 0.500. The van der Waals surface area contributed by atoms with Gasteiger partial charge in [-0.3, -0.25) is 14.2 Å². The summed E-state index contributed by atoms with van der Waals surface area (Å²) in [5.41, 5.74) is 0.451. The van der Waals surface area contributed by atoms with Crippen LogP contribution in [0.25, 0.3) is 10.9 Å². The summed E-state index contributed by atoms with van der Waals surface area (Å²) in [6, 6.07) is 7.06. The van der Waals surface area contributed by atoms with Crippen LogP contribution in [0, 0.1) is 0 Å². The van der Waals surface area contributed by atoms with E-state index in [9.17, 15) is 18.0 Å². The summed E-state index contributed by atoms with van der Waals surface area (Å²) in [6.45, 7) is 3.92. The molecule has 1 fully saturated rings. The molecule has 1 aromatic carbocycles. The number of fused-ring (bicyclic) bond motifs is 1. The Hall–Kier alpha value is -1.87. The molecule has 2 atom stereocenters. The number of aromatic nitrogens is 2. The van der Waals surface area contributed by atoms with Crippen LogP contribution in [-0.2, 0) is 19.4 Å². The van der Waals surface area contributed by atoms with E-state index in [0.29, 0.717) is 22.5 Å². The second-order valence-corrected chi connectivity index (χ2v) is 9.82. The summed E-state index contributed by atoms with van der Waals surface area (Å²) >= 11 is 1.14. The predicted molar refractivity (Wildman–Crippen MR) is 105 cm³/mol. The van der Waals surface area contributed by atoms with Gasteiger partial charge in [-0.15, -0.1) is 0 Å². The normalized spacial score (nSPS) is 19.9. The average molecular weight is 411 g/mol. The molecule has 0 radical (unpaired) electrons. The van der Waals surface area contributed by atoms with Crippen molar-refractivity contribution >= 4 is 38.5 Å². The smallest absolute Gasteiger partial charge is 0.316 e. The third kappa shape index (κ3) is 4.52. The third-order valence-corrected chi connectivity index (χ3v) is 7.28. The Labute approximate surface area is 162 Å². The molecule has 0 amide bonds. The number of esters is 1. The van der Waals surface area contributed by atoms with Gasteiger partial charge < -0.3 is 4.74 Å². The molecule has 9 heteroatoms. The van der Waals surface area contributed by atoms with E-state index in [4.69, 9.17) is 4.74 Å². The molecule has 3 rings (SSSR count). The number of para-hydroxylation sites is 1. The number of ether oxygens (including phenoxy) is 1. The van der Waals surface area contributed by atoms with Crippen LogP contribution in [0.1, 0.15) is 32.7 Å². The highest BCUT2D eigenvalue weighted by molar-refractivity contribution is 7.99. The summed E-state index contributed by atoms with van der Waals surface area (Å²) in [6.07, 6.45) is 0.506. The average Bonchev–Trinajstić information content (AvgIpc) is 2.98. The number of thioether (sulfide) groups is 1. The van der Waals surface area contributed by atoms with Gasteiger partial charge in [0.1, 0.15) is 6.10 Å². The van der Waals surface area contributed by atoms with Crippen molar-refractivity contribution in [2.45, 2.75) is 44.0 Å². The first-order chi connectivity index (χ1) is 12.8. The van der Waals surface area contributed by atoms with E-state index in [2.05, 4.69) is 4.98 Å². The third-order valence-electron chi connectivity index (χ3n) is 4.61. The fourth-order valence-electron chi connectivity index (χ4n) is 3.00. The van der Waals surface area contributed by atoms with E-state index in [1.54, 1.807) is 22.8 Å². The van der Waals surface area contributed by atoms with Crippen LogP contribution in [0.5, 0.6) is 0 Å². The molecular formula is C18H22N2O5S2. The molecule has 0 saturated carbocycles. The van der Waals surface area contributed by atoms with E-state index in [0.717, 1.165) is 18.2 Å². The molecule has 1 aromatic heterocycles. The molecular weight excluding hydrogens is 388 g/mol. The minimum Gasteiger partial charge on any atom is -0.461 e. The quantitative estimate of drug-likeness (QED) is 0.409. The van der Waals surface area contributed by atoms with Gasteiger partial charge in [0.05, 0.1) is 28.2 Å². The van der Waals surface area contributed by atoms with Crippen molar-refractivity contribution in [1.82, 2.24) is 9.55 Å². The molecule has 2 heterocycles. The molecule has 1 saturated heterocycles. The van der Waals surface area contributed by atoms with Crippen LogP contribution >= 0.6 is 11.8 Å². The molecule has 2 aromatic rings. The number of sulfone groups is 1. The second kappa shape index (κ2) is 8.02. The van der Waals surface area contributed by atoms with Gasteiger partial charge in [0.25, 0.3) is 5.56 Å². The van der Waals surface area contributed by atoms with Gasteiger partial charge >= 0.3 is 5.97 Å². The predicted octanol–water partition coefficient (Wildman–Crippen LogP) is 2.19. The van der Waals surface area contributed by atoms with Gasteiger partial charge in [-0.2, -0.15) is 0 Å². The highest BCUT2D eigenvalue weighted by Crippen LogP contribution is 2.23. The van der Waals surface area contributed by atoms with Gasteiger partial charge in [-0.25, -0.2) is 13.4 Å². The number of carbonyl (C=O) groups excluding carboxylic acids is 1. The Bertz CT molecular complexity index is 1020. The minimum absolute atomic E-state index is 0.0300. The first-order valence-electron chi connectivity index (χ1n) is 8.84. The molecule has 27 heavy (non-hydrogen) atoms. The summed E-state index contributed by atoms with van der Waals surface area (Å²) in [4.78, 5) is 29.6. The molecule has 0 spiro atoms. The van der Waals surface area contributed by atoms with Crippen LogP contribution in [0.3, 0.4) is 0 Å². The van der Waals surface area contributed by atoms with Crippen LogP contribution in [0.2, 0.25) is 0 Å². The molecule has 0 unspecified atom stereocenters. The summed E-state index contributed by atoms with van der Waals surface area (Å²) in [5.74, 6) is -0.592. The Morgan fingerprint density at radius 2 is 2.15 bits per heavy atom. The molecule has 1 aliphatic rings. The minimum atomic E-state index is -3.10. The molecule has 0 N–H and O–H groups in total. The number of rotatable bonds is 6. The van der Waals surface area contributed by atoms with Crippen LogP contribution in [0.4, 0.5) is 0 Å². The number of carbonyl (C=O) groups is 1. The summed E-state index contributed by atoms with van der Waals surface area (Å²) in [5, 5.41) is 1.00. The number of benzene rings is 1. The number of nitrogens with zero attached hydrogens (tertiary/aromatic N) is 2. The maximum absolute atomic E-state index is 12.9. The van der Waals surface area contributed by atoms with Crippen molar-refractivity contribution in [3.8, 4) is 0 Å². The van der Waals surface area contributed by atoms with Crippen molar-refractivity contribution in [3.05, 3.63) is 34.6 Å². The summed E-state index contributed by atoms with van der Waals surface area (Å²) < 4.78 is 29.8. The molecule has 0 bridgehead atoms. The van der Waals surface area contributed by atoms with Crippen LogP contribution in [-0.4, -0.2) is 47.3 Å². The first kappa shape index (κ1) is 19.9. The van der Waals surface area contributed by atoms with E-state index in [1.807, 2.05) is 19.9 Å². The van der Waals surface area contributed by atoms with Gasteiger partial charge in [-0.1, -0.05) is 30.8 Å². The zero-order valence-electron chi connectivity index (χ0n) is 15.3. The largest absolute Gasteiger partial charge is 0.461 e. The zero-order valence-corrected chi connectivity index (χ0v) is 16.9. The molecule has 0 aliphatic carbocycles. The Morgan fingerprint density at radius 1 is 1.41 bits per heavy atom. The lowest BCUT2D eigenvalue weighted by Crippen LogP contribution is -2.27. The highest BCUT2D eigenvalue weighted by Gasteiger charge is 2.30. The van der Waals surface area contributed by atoms with Gasteiger partial charge in [0.15, 0.2) is 15.0 Å². The highest BCUT2D eigenvalue weighted by atomic mass is 32.2. The van der Waals surface area contributed by atoms with E-state index < -0.39 is 21.9 Å². The summed E-state index contributed by atoms with van der Waals surface area (Å²) in [7, 11) is -3.10. The molecule has 1 aliphatic heterocycles. The van der Waals surface area contributed by atoms with Gasteiger partial charge in [0, 0.05) is 6.04 Å². The van der Waals surface area contributed by atoms with Crippen molar-refractivity contribution in [3.63, 3.8) is 0 Å². The van der Waals surface area contributed by atoms with Crippen molar-refractivity contribution in [2.24, 2.45) is 0 Å². The SMILES string of the molecule is CC[C@@H](C)n1c(SCC(=O)O[C@H]2CCS(=O)(=O)C2)nc2ccccc2c1=O. The monoisotopic (exact) mass is 410 g/mol. The zero-order chi connectivity index (χ0) is 19.6. The second-order valence-electron chi connectivity index (χ2n) is 6.65. The van der Waals surface area contributed by atoms with Crippen molar-refractivity contribution in [2.75, 3.05) is 17.3 Å². The number of hydrogen-bond donors (Lipinski definition) is 0. The topological polar surface area (TPSA) is 95.3 Å². The Balaban J connectivity index is 1.79. The molecule has 7 nitrogen and oxygen atoms in total. The number of hydrogen-bond acceptors (Lipinski definition) is 7. The van der Waals surface area contributed by atoms with Crippen LogP contribution < -0.4 is 5.56 Å². The van der Waals surface area contributed by atoms with E-state index in [-0.39, 0.29) is 28.9 Å². The lowest BCUT2D eigenvalue weighted by molar-refractivity contribution is -0.144. The van der Waals surface area contributed by atoms with Gasteiger partial charge in [0.2, 0.25) is 0 Å². The van der Waals surface area contributed by atoms with Crippen molar-refractivity contribution < 1.29 is 17.9 Å². The van der Waals surface area contributed by atoms with Crippen molar-refractivity contribution in [1.29, 1.82) is 0 Å². The lowest BCUT2D eigenvalue weighted by Gasteiger charge is -2.18.